The Morgan fingerprint density at radius 3 is 2.85 bits per heavy atom. The Morgan fingerprint density at radius 2 is 2.23 bits per heavy atom. The molecule has 0 radical (unpaired) electrons. The SMILES string of the molecule is Cc1ccc(N)c(S(=O)CCF)c1. The summed E-state index contributed by atoms with van der Waals surface area (Å²) in [6.07, 6.45) is 0. The van der Waals surface area contributed by atoms with E-state index in [4.69, 9.17) is 5.73 Å². The molecular formula is C9H12FNOS. The quantitative estimate of drug-likeness (QED) is 0.756. The van der Waals surface area contributed by atoms with Gasteiger partial charge >= 0.3 is 0 Å². The smallest absolute Gasteiger partial charge is 0.101 e. The number of rotatable bonds is 3. The molecule has 2 nitrogen and oxygen atoms in total. The molecule has 13 heavy (non-hydrogen) atoms. The molecule has 1 rings (SSSR count). The van der Waals surface area contributed by atoms with Crippen LogP contribution in [-0.4, -0.2) is 16.6 Å². The molecule has 0 bridgehead atoms. The van der Waals surface area contributed by atoms with Crippen molar-refractivity contribution in [2.75, 3.05) is 18.2 Å². The van der Waals surface area contributed by atoms with Crippen LogP contribution in [0, 0.1) is 6.92 Å². The van der Waals surface area contributed by atoms with Crippen LogP contribution < -0.4 is 5.73 Å². The number of aryl methyl sites for hydroxylation is 1. The molecule has 0 spiro atoms. The fraction of sp³-hybridized carbons (Fsp3) is 0.333. The van der Waals surface area contributed by atoms with Gasteiger partial charge in [-0.3, -0.25) is 8.60 Å². The van der Waals surface area contributed by atoms with Gasteiger partial charge in [0, 0.05) is 5.69 Å². The minimum absolute atomic E-state index is 0.0215. The summed E-state index contributed by atoms with van der Waals surface area (Å²) >= 11 is 0. The van der Waals surface area contributed by atoms with Crippen LogP contribution in [0.1, 0.15) is 5.56 Å². The lowest BCUT2D eigenvalue weighted by molar-refractivity contribution is 0.528. The number of benzene rings is 1. The van der Waals surface area contributed by atoms with Crippen molar-refractivity contribution in [3.8, 4) is 0 Å². The van der Waals surface area contributed by atoms with Gasteiger partial charge in [0.25, 0.3) is 0 Å². The molecule has 72 valence electrons. The highest BCUT2D eigenvalue weighted by Gasteiger charge is 2.07. The summed E-state index contributed by atoms with van der Waals surface area (Å²) in [5.74, 6) is 0.0215. The van der Waals surface area contributed by atoms with E-state index >= 15 is 0 Å². The van der Waals surface area contributed by atoms with E-state index in [1.807, 2.05) is 13.0 Å². The van der Waals surface area contributed by atoms with Crippen molar-refractivity contribution in [2.24, 2.45) is 0 Å². The van der Waals surface area contributed by atoms with Crippen molar-refractivity contribution in [1.82, 2.24) is 0 Å². The van der Waals surface area contributed by atoms with Crippen LogP contribution in [0.5, 0.6) is 0 Å². The first-order chi connectivity index (χ1) is 6.15. The summed E-state index contributed by atoms with van der Waals surface area (Å²) in [6, 6.07) is 5.27. The predicted molar refractivity (Wildman–Crippen MR) is 52.8 cm³/mol. The summed E-state index contributed by atoms with van der Waals surface area (Å²) in [4.78, 5) is 0.539. The number of nitrogens with two attached hydrogens (primary N) is 1. The van der Waals surface area contributed by atoms with E-state index in [1.165, 1.54) is 0 Å². The van der Waals surface area contributed by atoms with Gasteiger partial charge in [-0.1, -0.05) is 6.07 Å². The second-order valence-electron chi connectivity index (χ2n) is 2.78. The summed E-state index contributed by atoms with van der Waals surface area (Å²) in [6.45, 7) is 1.30. The molecule has 0 aromatic heterocycles. The van der Waals surface area contributed by atoms with E-state index in [0.717, 1.165) is 5.56 Å². The molecule has 0 aliphatic heterocycles. The van der Waals surface area contributed by atoms with Crippen LogP contribution in [0.25, 0.3) is 0 Å². The zero-order valence-corrected chi connectivity index (χ0v) is 8.23. The van der Waals surface area contributed by atoms with E-state index in [2.05, 4.69) is 0 Å². The van der Waals surface area contributed by atoms with Gasteiger partial charge in [0.1, 0.15) is 6.67 Å². The number of hydrogen-bond acceptors (Lipinski definition) is 2. The van der Waals surface area contributed by atoms with Gasteiger partial charge in [0.05, 0.1) is 21.4 Å². The highest BCUT2D eigenvalue weighted by atomic mass is 32.2. The third kappa shape index (κ3) is 2.52. The zero-order chi connectivity index (χ0) is 9.84. The van der Waals surface area contributed by atoms with Crippen molar-refractivity contribution in [2.45, 2.75) is 11.8 Å². The molecule has 0 aliphatic rings. The van der Waals surface area contributed by atoms with Crippen molar-refractivity contribution >= 4 is 16.5 Å². The van der Waals surface area contributed by atoms with Gasteiger partial charge in [0.15, 0.2) is 0 Å². The maximum atomic E-state index is 11.9. The van der Waals surface area contributed by atoms with Gasteiger partial charge in [-0.2, -0.15) is 0 Å². The largest absolute Gasteiger partial charge is 0.398 e. The van der Waals surface area contributed by atoms with Gasteiger partial charge < -0.3 is 5.73 Å². The number of anilines is 1. The van der Waals surface area contributed by atoms with Crippen molar-refractivity contribution in [1.29, 1.82) is 0 Å². The first-order valence-electron chi connectivity index (χ1n) is 3.95. The molecule has 0 heterocycles. The maximum absolute atomic E-state index is 11.9. The fourth-order valence-electron chi connectivity index (χ4n) is 1.02. The Balaban J connectivity index is 2.99. The topological polar surface area (TPSA) is 43.1 Å². The Kier molecular flexibility index (Phi) is 3.42. The number of halogens is 1. The zero-order valence-electron chi connectivity index (χ0n) is 7.42. The Labute approximate surface area is 79.4 Å². The van der Waals surface area contributed by atoms with Gasteiger partial charge in [-0.25, -0.2) is 0 Å². The van der Waals surface area contributed by atoms with E-state index in [9.17, 15) is 8.60 Å². The lowest BCUT2D eigenvalue weighted by atomic mass is 10.2. The van der Waals surface area contributed by atoms with Gasteiger partial charge in [-0.05, 0) is 24.6 Å². The second-order valence-corrected chi connectivity index (χ2v) is 4.32. The van der Waals surface area contributed by atoms with Crippen LogP contribution in [0.15, 0.2) is 23.1 Å². The summed E-state index contributed by atoms with van der Waals surface area (Å²) in [5.41, 5.74) is 7.06. The lowest BCUT2D eigenvalue weighted by Gasteiger charge is -2.04. The minimum Gasteiger partial charge on any atom is -0.398 e. The lowest BCUT2D eigenvalue weighted by Crippen LogP contribution is -2.03. The molecule has 0 saturated heterocycles. The molecule has 1 aromatic carbocycles. The summed E-state index contributed by atoms with van der Waals surface area (Å²) < 4.78 is 23.3. The van der Waals surface area contributed by atoms with E-state index in [0.29, 0.717) is 10.6 Å². The molecule has 2 N–H and O–H groups in total. The molecule has 0 saturated carbocycles. The van der Waals surface area contributed by atoms with E-state index in [-0.39, 0.29) is 5.75 Å². The summed E-state index contributed by atoms with van der Waals surface area (Å²) in [7, 11) is -1.31. The fourth-order valence-corrected chi connectivity index (χ4v) is 2.03. The number of nitrogen functional groups attached to an aromatic ring is 1. The van der Waals surface area contributed by atoms with Crippen LogP contribution in [0.4, 0.5) is 10.1 Å². The van der Waals surface area contributed by atoms with E-state index < -0.39 is 17.5 Å². The molecular weight excluding hydrogens is 189 g/mol. The molecule has 4 heteroatoms. The first kappa shape index (κ1) is 10.2. The van der Waals surface area contributed by atoms with E-state index in [1.54, 1.807) is 12.1 Å². The van der Waals surface area contributed by atoms with Crippen LogP contribution >= 0.6 is 0 Å². The van der Waals surface area contributed by atoms with Crippen molar-refractivity contribution < 1.29 is 8.60 Å². The number of hydrogen-bond donors (Lipinski definition) is 1. The van der Waals surface area contributed by atoms with Crippen LogP contribution in [-0.2, 0) is 10.8 Å². The second kappa shape index (κ2) is 4.37. The molecule has 1 unspecified atom stereocenters. The van der Waals surface area contributed by atoms with Crippen molar-refractivity contribution in [3.63, 3.8) is 0 Å². The monoisotopic (exact) mass is 201 g/mol. The predicted octanol–water partition coefficient (Wildman–Crippen LogP) is 1.65. The van der Waals surface area contributed by atoms with Gasteiger partial charge in [0.2, 0.25) is 0 Å². The Morgan fingerprint density at radius 1 is 1.54 bits per heavy atom. The maximum Gasteiger partial charge on any atom is 0.101 e. The van der Waals surface area contributed by atoms with Crippen LogP contribution in [0.3, 0.4) is 0 Å². The highest BCUT2D eigenvalue weighted by Crippen LogP contribution is 2.17. The Hall–Kier alpha value is -0.900. The molecule has 1 atom stereocenters. The summed E-state index contributed by atoms with van der Waals surface area (Å²) in [5, 5.41) is 0. The molecule has 1 aromatic rings. The third-order valence-corrected chi connectivity index (χ3v) is 3.05. The Bertz CT molecular complexity index is 327. The van der Waals surface area contributed by atoms with Crippen LogP contribution in [0.2, 0.25) is 0 Å². The molecule has 0 fully saturated rings. The standard InChI is InChI=1S/C9H12FNOS/c1-7-2-3-8(11)9(6-7)13(12)5-4-10/h2-3,6H,4-5,11H2,1H3. The molecule has 0 amide bonds. The average molecular weight is 201 g/mol. The minimum atomic E-state index is -1.31. The third-order valence-electron chi connectivity index (χ3n) is 1.68. The average Bonchev–Trinajstić information content (AvgIpc) is 2.09. The van der Waals surface area contributed by atoms with Crippen molar-refractivity contribution in [3.05, 3.63) is 23.8 Å². The molecule has 0 aliphatic carbocycles. The first-order valence-corrected chi connectivity index (χ1v) is 5.27. The number of alkyl halides is 1. The van der Waals surface area contributed by atoms with Gasteiger partial charge in [-0.15, -0.1) is 0 Å². The highest BCUT2D eigenvalue weighted by molar-refractivity contribution is 7.85. The normalized spacial score (nSPS) is 12.8.